The second-order valence-electron chi connectivity index (χ2n) is 4.62. The summed E-state index contributed by atoms with van der Waals surface area (Å²) in [4.78, 5) is 0. The molecule has 0 unspecified atom stereocenters. The summed E-state index contributed by atoms with van der Waals surface area (Å²) in [7, 11) is 3.32. The quantitative estimate of drug-likeness (QED) is 0.865. The van der Waals surface area contributed by atoms with Crippen molar-refractivity contribution in [2.75, 3.05) is 19.5 Å². The smallest absolute Gasteiger partial charge is 0.122 e. The van der Waals surface area contributed by atoms with Crippen LogP contribution < -0.4 is 14.8 Å². The molecule has 0 atom stereocenters. The van der Waals surface area contributed by atoms with Crippen LogP contribution in [0.4, 0.5) is 5.69 Å². The maximum absolute atomic E-state index is 5.27. The number of rotatable bonds is 6. The minimum Gasteiger partial charge on any atom is -0.497 e. The van der Waals surface area contributed by atoms with Gasteiger partial charge in [0.15, 0.2) is 0 Å². The fraction of sp³-hybridized carbons (Fsp3) is 0.294. The van der Waals surface area contributed by atoms with Gasteiger partial charge in [0.25, 0.3) is 0 Å². The molecule has 20 heavy (non-hydrogen) atoms. The van der Waals surface area contributed by atoms with Crippen LogP contribution in [-0.2, 0) is 13.0 Å². The molecule has 0 aliphatic rings. The highest BCUT2D eigenvalue weighted by Gasteiger charge is 2.02. The van der Waals surface area contributed by atoms with E-state index in [-0.39, 0.29) is 0 Å². The molecule has 0 saturated carbocycles. The highest BCUT2D eigenvalue weighted by Crippen LogP contribution is 2.23. The molecule has 0 fully saturated rings. The maximum Gasteiger partial charge on any atom is 0.122 e. The summed E-state index contributed by atoms with van der Waals surface area (Å²) in [6, 6.07) is 14.4. The van der Waals surface area contributed by atoms with Crippen molar-refractivity contribution in [2.45, 2.75) is 19.9 Å². The molecule has 1 N–H and O–H groups in total. The Labute approximate surface area is 120 Å². The molecule has 0 aromatic heterocycles. The Kier molecular flexibility index (Phi) is 4.88. The maximum atomic E-state index is 5.27. The Hall–Kier alpha value is -2.16. The van der Waals surface area contributed by atoms with E-state index in [9.17, 15) is 0 Å². The number of anilines is 1. The van der Waals surface area contributed by atoms with Crippen LogP contribution in [0.15, 0.2) is 42.5 Å². The Balaban J connectivity index is 2.05. The van der Waals surface area contributed by atoms with Gasteiger partial charge in [-0.1, -0.05) is 19.1 Å². The van der Waals surface area contributed by atoms with Gasteiger partial charge in [0.05, 0.1) is 14.2 Å². The minimum absolute atomic E-state index is 0.735. The molecule has 106 valence electrons. The van der Waals surface area contributed by atoms with Crippen LogP contribution in [0.1, 0.15) is 18.1 Å². The molecule has 2 rings (SSSR count). The zero-order valence-corrected chi connectivity index (χ0v) is 12.3. The van der Waals surface area contributed by atoms with Crippen LogP contribution in [0.5, 0.6) is 11.5 Å². The highest BCUT2D eigenvalue weighted by atomic mass is 16.5. The van der Waals surface area contributed by atoms with E-state index in [2.05, 4.69) is 36.5 Å². The molecule has 0 radical (unpaired) electrons. The lowest BCUT2D eigenvalue weighted by molar-refractivity contribution is 0.393. The van der Waals surface area contributed by atoms with Crippen molar-refractivity contribution in [3.63, 3.8) is 0 Å². The first kappa shape index (κ1) is 14.3. The second-order valence-corrected chi connectivity index (χ2v) is 4.62. The third kappa shape index (κ3) is 3.67. The van der Waals surface area contributed by atoms with Gasteiger partial charge in [0.1, 0.15) is 11.5 Å². The molecular weight excluding hydrogens is 250 g/mol. The number of ether oxygens (including phenoxy) is 2. The van der Waals surface area contributed by atoms with Gasteiger partial charge in [-0.2, -0.15) is 0 Å². The van der Waals surface area contributed by atoms with E-state index in [1.165, 1.54) is 5.56 Å². The minimum atomic E-state index is 0.735. The molecule has 0 aliphatic heterocycles. The van der Waals surface area contributed by atoms with E-state index in [4.69, 9.17) is 9.47 Å². The lowest BCUT2D eigenvalue weighted by Gasteiger charge is -2.10. The van der Waals surface area contributed by atoms with Crippen LogP contribution >= 0.6 is 0 Å². The van der Waals surface area contributed by atoms with Gasteiger partial charge in [-0.25, -0.2) is 0 Å². The van der Waals surface area contributed by atoms with Gasteiger partial charge in [0.2, 0.25) is 0 Å². The van der Waals surface area contributed by atoms with Crippen molar-refractivity contribution in [1.82, 2.24) is 0 Å². The van der Waals surface area contributed by atoms with E-state index >= 15 is 0 Å². The van der Waals surface area contributed by atoms with E-state index in [1.807, 2.05) is 18.2 Å². The average Bonchev–Trinajstić information content (AvgIpc) is 2.53. The third-order valence-corrected chi connectivity index (χ3v) is 3.27. The first-order chi connectivity index (χ1) is 9.75. The zero-order chi connectivity index (χ0) is 14.4. The molecule has 0 spiro atoms. The zero-order valence-electron chi connectivity index (χ0n) is 12.3. The number of nitrogens with one attached hydrogen (secondary N) is 1. The predicted molar refractivity (Wildman–Crippen MR) is 82.7 cm³/mol. The lowest BCUT2D eigenvalue weighted by Crippen LogP contribution is -2.00. The molecule has 3 nitrogen and oxygen atoms in total. The van der Waals surface area contributed by atoms with Gasteiger partial charge in [0, 0.05) is 18.3 Å². The molecule has 2 aromatic carbocycles. The first-order valence-electron chi connectivity index (χ1n) is 6.80. The van der Waals surface area contributed by atoms with Crippen molar-refractivity contribution in [1.29, 1.82) is 0 Å². The van der Waals surface area contributed by atoms with E-state index in [0.717, 1.165) is 35.7 Å². The first-order valence-corrected chi connectivity index (χ1v) is 6.80. The van der Waals surface area contributed by atoms with Gasteiger partial charge in [-0.3, -0.25) is 0 Å². The largest absolute Gasteiger partial charge is 0.497 e. The van der Waals surface area contributed by atoms with Crippen LogP contribution in [0, 0.1) is 0 Å². The number of methoxy groups -OCH3 is 2. The van der Waals surface area contributed by atoms with Gasteiger partial charge in [-0.15, -0.1) is 0 Å². The topological polar surface area (TPSA) is 30.5 Å². The molecule has 2 aromatic rings. The lowest BCUT2D eigenvalue weighted by atomic mass is 10.1. The summed E-state index contributed by atoms with van der Waals surface area (Å²) in [6.45, 7) is 2.89. The van der Waals surface area contributed by atoms with Crippen molar-refractivity contribution >= 4 is 5.69 Å². The van der Waals surface area contributed by atoms with Crippen LogP contribution in [0.25, 0.3) is 0 Å². The molecular formula is C17H21NO2. The summed E-state index contributed by atoms with van der Waals surface area (Å²) < 4.78 is 10.5. The average molecular weight is 271 g/mol. The standard InChI is InChI=1S/C17H21NO2/c1-4-13-5-7-15(8-6-13)18-12-14-9-16(19-2)11-17(10-14)20-3/h5-11,18H,4,12H2,1-3H3. The summed E-state index contributed by atoms with van der Waals surface area (Å²) in [5, 5.41) is 3.40. The van der Waals surface area contributed by atoms with Crippen LogP contribution in [0.2, 0.25) is 0 Å². The summed E-state index contributed by atoms with van der Waals surface area (Å²) in [5.74, 6) is 1.62. The van der Waals surface area contributed by atoms with E-state index in [0.29, 0.717) is 0 Å². The van der Waals surface area contributed by atoms with Gasteiger partial charge >= 0.3 is 0 Å². The van der Waals surface area contributed by atoms with Crippen molar-refractivity contribution in [3.8, 4) is 11.5 Å². The Bertz CT molecular complexity index is 527. The molecule has 0 heterocycles. The van der Waals surface area contributed by atoms with Gasteiger partial charge in [-0.05, 0) is 41.8 Å². The Morgan fingerprint density at radius 2 is 1.45 bits per heavy atom. The number of hydrogen-bond donors (Lipinski definition) is 1. The van der Waals surface area contributed by atoms with E-state index < -0.39 is 0 Å². The van der Waals surface area contributed by atoms with Crippen molar-refractivity contribution in [2.24, 2.45) is 0 Å². The monoisotopic (exact) mass is 271 g/mol. The molecule has 0 saturated heterocycles. The highest BCUT2D eigenvalue weighted by molar-refractivity contribution is 5.46. The fourth-order valence-electron chi connectivity index (χ4n) is 2.03. The predicted octanol–water partition coefficient (Wildman–Crippen LogP) is 3.88. The third-order valence-electron chi connectivity index (χ3n) is 3.27. The Morgan fingerprint density at radius 3 is 1.95 bits per heavy atom. The molecule has 0 aliphatic carbocycles. The van der Waals surface area contributed by atoms with Crippen molar-refractivity contribution in [3.05, 3.63) is 53.6 Å². The number of benzene rings is 2. The molecule has 3 heteroatoms. The SMILES string of the molecule is CCc1ccc(NCc2cc(OC)cc(OC)c2)cc1. The number of aryl methyl sites for hydroxylation is 1. The van der Waals surface area contributed by atoms with Gasteiger partial charge < -0.3 is 14.8 Å². The second kappa shape index (κ2) is 6.85. The number of hydrogen-bond acceptors (Lipinski definition) is 3. The summed E-state index contributed by atoms with van der Waals surface area (Å²) in [6.07, 6.45) is 1.06. The summed E-state index contributed by atoms with van der Waals surface area (Å²) in [5.41, 5.74) is 3.59. The van der Waals surface area contributed by atoms with E-state index in [1.54, 1.807) is 14.2 Å². The normalized spacial score (nSPS) is 10.2. The molecule has 0 amide bonds. The summed E-state index contributed by atoms with van der Waals surface area (Å²) >= 11 is 0. The van der Waals surface area contributed by atoms with Crippen molar-refractivity contribution < 1.29 is 9.47 Å². The van der Waals surface area contributed by atoms with Crippen LogP contribution in [0.3, 0.4) is 0 Å². The Morgan fingerprint density at radius 1 is 0.850 bits per heavy atom. The van der Waals surface area contributed by atoms with Crippen LogP contribution in [-0.4, -0.2) is 14.2 Å². The molecule has 0 bridgehead atoms. The fourth-order valence-corrected chi connectivity index (χ4v) is 2.03.